The number of H-pyrrole nitrogens is 1. The van der Waals surface area contributed by atoms with Crippen LogP contribution >= 0.6 is 0 Å². The van der Waals surface area contributed by atoms with Crippen molar-refractivity contribution in [3.8, 4) is 22.4 Å². The Morgan fingerprint density at radius 1 is 1.07 bits per heavy atom. The lowest BCUT2D eigenvalue weighted by atomic mass is 9.98. The smallest absolute Gasteiger partial charge is 0.272 e. The van der Waals surface area contributed by atoms with Crippen LogP contribution in [0, 0.1) is 0 Å². The van der Waals surface area contributed by atoms with Crippen LogP contribution in [-0.4, -0.2) is 30.3 Å². The average molecular weight is 373 g/mol. The molecule has 0 atom stereocenters. The van der Waals surface area contributed by atoms with Gasteiger partial charge in [-0.05, 0) is 40.1 Å². The molecule has 5 rings (SSSR count). The highest BCUT2D eigenvalue weighted by Gasteiger charge is 2.16. The zero-order valence-corrected chi connectivity index (χ0v) is 14.9. The first-order valence-electron chi connectivity index (χ1n) is 8.62. The summed E-state index contributed by atoms with van der Waals surface area (Å²) in [6.07, 6.45) is 1.80. The van der Waals surface area contributed by atoms with Crippen molar-refractivity contribution in [3.05, 3.63) is 58.6 Å². The van der Waals surface area contributed by atoms with Crippen molar-refractivity contribution in [2.24, 2.45) is 12.8 Å². The fraction of sp³-hybridized carbons (Fsp3) is 0.105. The first-order chi connectivity index (χ1) is 13.7. The number of fused-ring (bicyclic) bond motifs is 2. The summed E-state index contributed by atoms with van der Waals surface area (Å²) in [5.41, 5.74) is 11.2. The van der Waals surface area contributed by atoms with Gasteiger partial charge < -0.3 is 5.73 Å². The van der Waals surface area contributed by atoms with E-state index in [2.05, 4.69) is 25.6 Å². The Labute approximate surface area is 157 Å². The highest BCUT2D eigenvalue weighted by atomic mass is 16.6. The molecule has 3 heterocycles. The fourth-order valence-corrected chi connectivity index (χ4v) is 3.46. The Kier molecular flexibility index (Phi) is 3.56. The number of aromatic amines is 1. The van der Waals surface area contributed by atoms with Crippen LogP contribution in [-0.2, 0) is 13.6 Å². The quantitative estimate of drug-likeness (QED) is 0.495. The van der Waals surface area contributed by atoms with Crippen LogP contribution in [0.2, 0.25) is 0 Å². The second-order valence-corrected chi connectivity index (χ2v) is 6.46. The van der Waals surface area contributed by atoms with Crippen LogP contribution in [0.1, 0.15) is 5.69 Å². The molecule has 9 nitrogen and oxygen atoms in total. The Hall–Kier alpha value is -3.85. The van der Waals surface area contributed by atoms with Crippen LogP contribution in [0.15, 0.2) is 52.0 Å². The van der Waals surface area contributed by atoms with Gasteiger partial charge in [0.15, 0.2) is 0 Å². The van der Waals surface area contributed by atoms with Gasteiger partial charge in [-0.1, -0.05) is 12.1 Å². The second-order valence-electron chi connectivity index (χ2n) is 6.46. The molecule has 0 unspecified atom stereocenters. The highest BCUT2D eigenvalue weighted by molar-refractivity contribution is 5.92. The van der Waals surface area contributed by atoms with Gasteiger partial charge in [0.25, 0.3) is 5.56 Å². The zero-order valence-electron chi connectivity index (χ0n) is 14.9. The van der Waals surface area contributed by atoms with Crippen LogP contribution in [0.25, 0.3) is 44.2 Å². The summed E-state index contributed by atoms with van der Waals surface area (Å²) in [4.78, 5) is 12.1. The number of benzene rings is 2. The topological polar surface area (TPSA) is 129 Å². The lowest BCUT2D eigenvalue weighted by Crippen LogP contribution is -2.13. The number of nitrogens with zero attached hydrogens (tertiary/aromatic N) is 5. The maximum atomic E-state index is 12.1. The lowest BCUT2D eigenvalue weighted by molar-refractivity contribution is 0.315. The van der Waals surface area contributed by atoms with Gasteiger partial charge >= 0.3 is 0 Å². The van der Waals surface area contributed by atoms with E-state index in [0.29, 0.717) is 22.1 Å². The molecule has 0 amide bonds. The van der Waals surface area contributed by atoms with Crippen molar-refractivity contribution >= 4 is 21.8 Å². The Morgan fingerprint density at radius 3 is 2.75 bits per heavy atom. The molecule has 0 spiro atoms. The maximum absolute atomic E-state index is 12.1. The molecule has 9 heteroatoms. The first kappa shape index (κ1) is 16.3. The molecule has 3 N–H and O–H groups in total. The third kappa shape index (κ3) is 2.41. The lowest BCUT2D eigenvalue weighted by Gasteiger charge is -2.09. The predicted octanol–water partition coefficient (Wildman–Crippen LogP) is 1.99. The van der Waals surface area contributed by atoms with Crippen LogP contribution < -0.4 is 11.3 Å². The minimum atomic E-state index is -0.242. The van der Waals surface area contributed by atoms with Gasteiger partial charge in [-0.2, -0.15) is 10.2 Å². The number of nitrogens with one attached hydrogen (secondary N) is 1. The van der Waals surface area contributed by atoms with Gasteiger partial charge in [0.1, 0.15) is 11.0 Å². The molecule has 5 aromatic rings. The number of rotatable bonds is 3. The molecule has 0 radical (unpaired) electrons. The van der Waals surface area contributed by atoms with Gasteiger partial charge in [-0.3, -0.25) is 9.48 Å². The molecule has 0 saturated heterocycles. The summed E-state index contributed by atoms with van der Waals surface area (Å²) < 4.78 is 6.59. The number of hydrogen-bond acceptors (Lipinski definition) is 7. The standard InChI is InChI=1S/C19H15N7O2/c1-26-18(11-3-5-15-16(7-11)25-28-24-15)14(9-21-26)10-2-4-12-13(6-10)17(8-20)22-23-19(12)27/h2-7,9H,8,20H2,1H3,(H,23,27). The molecule has 2 aromatic carbocycles. The largest absolute Gasteiger partial charge is 0.325 e. The van der Waals surface area contributed by atoms with Crippen molar-refractivity contribution in [1.29, 1.82) is 0 Å². The molecular formula is C19H15N7O2. The van der Waals surface area contributed by atoms with Gasteiger partial charge in [0.05, 0.1) is 23.0 Å². The first-order valence-corrected chi connectivity index (χ1v) is 8.62. The Morgan fingerprint density at radius 2 is 1.89 bits per heavy atom. The summed E-state index contributed by atoms with van der Waals surface area (Å²) in [5.74, 6) is 0. The number of aryl methyl sites for hydroxylation is 1. The molecule has 0 fully saturated rings. The van der Waals surface area contributed by atoms with Crippen molar-refractivity contribution in [1.82, 2.24) is 30.3 Å². The minimum absolute atomic E-state index is 0.229. The van der Waals surface area contributed by atoms with Crippen molar-refractivity contribution < 1.29 is 4.63 Å². The Balaban J connectivity index is 1.73. The van der Waals surface area contributed by atoms with Gasteiger partial charge in [-0.25, -0.2) is 9.73 Å². The number of hydrogen-bond donors (Lipinski definition) is 2. The van der Waals surface area contributed by atoms with E-state index in [4.69, 9.17) is 10.4 Å². The predicted molar refractivity (Wildman–Crippen MR) is 103 cm³/mol. The highest BCUT2D eigenvalue weighted by Crippen LogP contribution is 2.34. The van der Waals surface area contributed by atoms with Crippen molar-refractivity contribution in [3.63, 3.8) is 0 Å². The zero-order chi connectivity index (χ0) is 19.3. The molecule has 0 saturated carbocycles. The van der Waals surface area contributed by atoms with Gasteiger partial charge in [-0.15, -0.1) is 0 Å². The Bertz CT molecular complexity index is 1400. The van der Waals surface area contributed by atoms with E-state index in [0.717, 1.165) is 27.8 Å². The van der Waals surface area contributed by atoms with Crippen molar-refractivity contribution in [2.75, 3.05) is 0 Å². The molecule has 28 heavy (non-hydrogen) atoms. The minimum Gasteiger partial charge on any atom is -0.325 e. The molecule has 138 valence electrons. The van der Waals surface area contributed by atoms with E-state index in [-0.39, 0.29) is 12.1 Å². The number of nitrogens with two attached hydrogens (primary N) is 1. The molecule has 0 aliphatic rings. The van der Waals surface area contributed by atoms with E-state index < -0.39 is 0 Å². The normalized spacial score (nSPS) is 11.5. The van der Waals surface area contributed by atoms with Gasteiger partial charge in [0.2, 0.25) is 0 Å². The van der Waals surface area contributed by atoms with Crippen LogP contribution in [0.5, 0.6) is 0 Å². The monoisotopic (exact) mass is 373 g/mol. The van der Waals surface area contributed by atoms with E-state index in [1.807, 2.05) is 37.4 Å². The molecule has 3 aromatic heterocycles. The maximum Gasteiger partial charge on any atom is 0.272 e. The molecule has 0 aliphatic heterocycles. The van der Waals surface area contributed by atoms with E-state index in [1.54, 1.807) is 16.9 Å². The summed E-state index contributed by atoms with van der Waals surface area (Å²) in [6.45, 7) is 0.229. The van der Waals surface area contributed by atoms with E-state index in [9.17, 15) is 4.79 Å². The molecule has 0 bridgehead atoms. The summed E-state index contributed by atoms with van der Waals surface area (Å²) in [5, 5.41) is 20.0. The number of aromatic nitrogens is 6. The molecular weight excluding hydrogens is 358 g/mol. The molecule has 0 aliphatic carbocycles. The second kappa shape index (κ2) is 6.10. The van der Waals surface area contributed by atoms with E-state index in [1.165, 1.54) is 0 Å². The summed E-state index contributed by atoms with van der Waals surface area (Å²) in [7, 11) is 1.88. The summed E-state index contributed by atoms with van der Waals surface area (Å²) in [6, 6.07) is 11.3. The third-order valence-electron chi connectivity index (χ3n) is 4.84. The third-order valence-corrected chi connectivity index (χ3v) is 4.84. The summed E-state index contributed by atoms with van der Waals surface area (Å²) >= 11 is 0. The average Bonchev–Trinajstić information content (AvgIpc) is 3.33. The fourth-order valence-electron chi connectivity index (χ4n) is 3.46. The van der Waals surface area contributed by atoms with Crippen LogP contribution in [0.3, 0.4) is 0 Å². The van der Waals surface area contributed by atoms with Crippen molar-refractivity contribution in [2.45, 2.75) is 6.54 Å². The van der Waals surface area contributed by atoms with Crippen LogP contribution in [0.4, 0.5) is 0 Å². The SMILES string of the molecule is Cn1ncc(-c2ccc3c(=O)[nH]nc(CN)c3c2)c1-c1ccc2nonc2c1. The van der Waals surface area contributed by atoms with E-state index >= 15 is 0 Å². The van der Waals surface area contributed by atoms with Gasteiger partial charge in [0, 0.05) is 30.1 Å².